The maximum Gasteiger partial charge on any atom is 0.143 e. The number of hydrogen-bond acceptors (Lipinski definition) is 3. The van der Waals surface area contributed by atoms with Crippen LogP contribution in [0.3, 0.4) is 0 Å². The van der Waals surface area contributed by atoms with Gasteiger partial charge in [0, 0.05) is 55.7 Å². The summed E-state index contributed by atoms with van der Waals surface area (Å²) in [5.41, 5.74) is 13.7. The molecule has 9 aromatic carbocycles. The van der Waals surface area contributed by atoms with Crippen molar-refractivity contribution in [2.75, 3.05) is 9.80 Å². The Balaban J connectivity index is 1.06. The smallest absolute Gasteiger partial charge is 0.143 e. The van der Waals surface area contributed by atoms with Gasteiger partial charge in [-0.25, -0.2) is 0 Å². The van der Waals surface area contributed by atoms with E-state index in [2.05, 4.69) is 218 Å². The minimum Gasteiger partial charge on any atom is -0.455 e. The Morgan fingerprint density at radius 3 is 1.41 bits per heavy atom. The van der Waals surface area contributed by atoms with Gasteiger partial charge in [0.05, 0.1) is 0 Å². The average molecular weight is 719 g/mol. The first-order valence-corrected chi connectivity index (χ1v) is 19.4. The van der Waals surface area contributed by atoms with E-state index in [1.54, 1.807) is 0 Å². The molecule has 0 radical (unpaired) electrons. The molecule has 266 valence electrons. The molecule has 0 amide bonds. The van der Waals surface area contributed by atoms with Crippen LogP contribution in [0.2, 0.25) is 0 Å². The summed E-state index contributed by atoms with van der Waals surface area (Å²) in [4.78, 5) is 4.64. The summed E-state index contributed by atoms with van der Waals surface area (Å²) >= 11 is 0. The summed E-state index contributed by atoms with van der Waals surface area (Å²) in [5, 5.41) is 7.12. The van der Waals surface area contributed by atoms with Crippen molar-refractivity contribution in [1.29, 1.82) is 0 Å². The topological polar surface area (TPSA) is 19.6 Å². The Kier molecular flexibility index (Phi) is 7.20. The minimum atomic E-state index is -0.202. The lowest BCUT2D eigenvalue weighted by Crippen LogP contribution is -2.15. The highest BCUT2D eigenvalue weighted by molar-refractivity contribution is 6.21. The molecule has 56 heavy (non-hydrogen) atoms. The van der Waals surface area contributed by atoms with Crippen molar-refractivity contribution in [2.24, 2.45) is 0 Å². The normalized spacial score (nSPS) is 13.0. The van der Waals surface area contributed by atoms with Crippen molar-refractivity contribution in [3.05, 3.63) is 205 Å². The molecule has 1 aromatic heterocycles. The number of benzene rings is 9. The molecule has 1 aliphatic rings. The van der Waals surface area contributed by atoms with Crippen LogP contribution in [0.5, 0.6) is 0 Å². The highest BCUT2D eigenvalue weighted by Gasteiger charge is 2.39. The van der Waals surface area contributed by atoms with Crippen molar-refractivity contribution in [3.63, 3.8) is 0 Å². The standard InChI is InChI=1S/C53H38N2O/c1-53(2)47-31-32-48-50(46-28-24-36-34-42(26-30-44(36)52(46)56-48)55(39-19-11-5-12-20-39)40-21-13-6-14-22-40)49(47)45-27-23-35-33-41(25-29-43(35)51(45)53)54(37-15-7-3-8-16-37)38-17-9-4-10-18-38/h3-34H,1-2H3. The van der Waals surface area contributed by atoms with Crippen molar-refractivity contribution < 1.29 is 4.42 Å². The van der Waals surface area contributed by atoms with Gasteiger partial charge in [0.1, 0.15) is 11.2 Å². The molecular weight excluding hydrogens is 681 g/mol. The van der Waals surface area contributed by atoms with E-state index in [1.165, 1.54) is 38.4 Å². The van der Waals surface area contributed by atoms with E-state index < -0.39 is 0 Å². The molecule has 0 bridgehead atoms. The number of furan rings is 1. The highest BCUT2D eigenvalue weighted by atomic mass is 16.3. The number of rotatable bonds is 6. The van der Waals surface area contributed by atoms with Crippen molar-refractivity contribution in [3.8, 4) is 11.1 Å². The maximum atomic E-state index is 6.84. The van der Waals surface area contributed by atoms with Gasteiger partial charge in [0.25, 0.3) is 0 Å². The van der Waals surface area contributed by atoms with Gasteiger partial charge in [-0.15, -0.1) is 0 Å². The molecule has 1 aliphatic carbocycles. The largest absolute Gasteiger partial charge is 0.455 e. The van der Waals surface area contributed by atoms with Gasteiger partial charge in [0.2, 0.25) is 0 Å². The summed E-state index contributed by atoms with van der Waals surface area (Å²) in [5.74, 6) is 0. The second-order valence-corrected chi connectivity index (χ2v) is 15.3. The quantitative estimate of drug-likeness (QED) is 0.171. The monoisotopic (exact) mass is 718 g/mol. The van der Waals surface area contributed by atoms with E-state index in [1.807, 2.05) is 0 Å². The molecular formula is C53H38N2O. The van der Waals surface area contributed by atoms with E-state index in [0.29, 0.717) is 0 Å². The number of anilines is 6. The van der Waals surface area contributed by atoms with Gasteiger partial charge in [-0.3, -0.25) is 0 Å². The van der Waals surface area contributed by atoms with Crippen LogP contribution in [0, 0.1) is 0 Å². The first kappa shape index (κ1) is 32.3. The van der Waals surface area contributed by atoms with E-state index in [-0.39, 0.29) is 5.41 Å². The average Bonchev–Trinajstić information content (AvgIpc) is 3.74. The molecule has 0 saturated heterocycles. The van der Waals surface area contributed by atoms with Gasteiger partial charge in [-0.2, -0.15) is 0 Å². The van der Waals surface area contributed by atoms with Crippen LogP contribution < -0.4 is 9.80 Å². The van der Waals surface area contributed by atoms with E-state index in [0.717, 1.165) is 61.4 Å². The van der Waals surface area contributed by atoms with Crippen molar-refractivity contribution >= 4 is 77.6 Å². The second-order valence-electron chi connectivity index (χ2n) is 15.3. The number of hydrogen-bond donors (Lipinski definition) is 0. The predicted molar refractivity (Wildman–Crippen MR) is 236 cm³/mol. The lowest BCUT2D eigenvalue weighted by molar-refractivity contribution is 0.662. The third-order valence-electron chi connectivity index (χ3n) is 11.7. The maximum absolute atomic E-state index is 6.84. The van der Waals surface area contributed by atoms with Crippen LogP contribution in [0.15, 0.2) is 199 Å². The van der Waals surface area contributed by atoms with Gasteiger partial charge < -0.3 is 14.2 Å². The van der Waals surface area contributed by atoms with Crippen LogP contribution in [0.1, 0.15) is 25.0 Å². The molecule has 3 nitrogen and oxygen atoms in total. The zero-order valence-electron chi connectivity index (χ0n) is 31.3. The lowest BCUT2D eigenvalue weighted by atomic mass is 9.80. The molecule has 11 rings (SSSR count). The number of para-hydroxylation sites is 4. The minimum absolute atomic E-state index is 0.202. The SMILES string of the molecule is CC1(C)c2ccc3oc4c5ccc(N(c6ccccc6)c6ccccc6)cc5ccc4c3c2-c2ccc3cc(N(c4ccccc4)c4ccccc4)ccc3c21. The van der Waals surface area contributed by atoms with Crippen molar-refractivity contribution in [2.45, 2.75) is 19.3 Å². The molecule has 3 heteroatoms. The van der Waals surface area contributed by atoms with E-state index in [4.69, 9.17) is 4.42 Å². The molecule has 1 heterocycles. The first-order chi connectivity index (χ1) is 27.5. The summed E-state index contributed by atoms with van der Waals surface area (Å²) in [7, 11) is 0. The molecule has 0 saturated carbocycles. The van der Waals surface area contributed by atoms with Crippen molar-refractivity contribution in [1.82, 2.24) is 0 Å². The van der Waals surface area contributed by atoms with E-state index >= 15 is 0 Å². The molecule has 0 spiro atoms. The molecule has 10 aromatic rings. The number of nitrogens with zero attached hydrogens (tertiary/aromatic N) is 2. The third-order valence-corrected chi connectivity index (χ3v) is 11.7. The van der Waals surface area contributed by atoms with E-state index in [9.17, 15) is 0 Å². The summed E-state index contributed by atoms with van der Waals surface area (Å²) in [6.45, 7) is 4.75. The summed E-state index contributed by atoms with van der Waals surface area (Å²) in [6, 6.07) is 69.7. The Hall–Kier alpha value is -7.10. The Labute approximate surface area is 326 Å². The van der Waals surface area contributed by atoms with Crippen LogP contribution in [-0.4, -0.2) is 0 Å². The van der Waals surface area contributed by atoms with Gasteiger partial charge in [-0.1, -0.05) is 117 Å². The Morgan fingerprint density at radius 2 is 0.875 bits per heavy atom. The molecule has 0 N–H and O–H groups in total. The molecule has 0 aliphatic heterocycles. The molecule has 0 unspecified atom stereocenters. The van der Waals surface area contributed by atoms with Crippen LogP contribution in [-0.2, 0) is 5.41 Å². The predicted octanol–water partition coefficient (Wildman–Crippen LogP) is 15.1. The zero-order chi connectivity index (χ0) is 37.4. The first-order valence-electron chi connectivity index (χ1n) is 19.4. The fourth-order valence-electron chi connectivity index (χ4n) is 9.26. The Morgan fingerprint density at radius 1 is 0.411 bits per heavy atom. The lowest BCUT2D eigenvalue weighted by Gasteiger charge is -2.27. The zero-order valence-corrected chi connectivity index (χ0v) is 31.3. The van der Waals surface area contributed by atoms with Gasteiger partial charge >= 0.3 is 0 Å². The van der Waals surface area contributed by atoms with Gasteiger partial charge in [-0.05, 0) is 129 Å². The van der Waals surface area contributed by atoms with Gasteiger partial charge in [0.15, 0.2) is 0 Å². The summed E-state index contributed by atoms with van der Waals surface area (Å²) in [6.07, 6.45) is 0. The third kappa shape index (κ3) is 4.91. The fraction of sp³-hybridized carbons (Fsp3) is 0.0566. The fourth-order valence-corrected chi connectivity index (χ4v) is 9.26. The van der Waals surface area contributed by atoms with Crippen LogP contribution in [0.25, 0.3) is 54.6 Å². The Bertz CT molecular complexity index is 3020. The second kappa shape index (κ2) is 12.5. The van der Waals surface area contributed by atoms with Crippen LogP contribution >= 0.6 is 0 Å². The summed E-state index contributed by atoms with van der Waals surface area (Å²) < 4.78 is 6.84. The number of fused-ring (bicyclic) bond motifs is 11. The highest BCUT2D eigenvalue weighted by Crippen LogP contribution is 2.55. The molecule has 0 fully saturated rings. The van der Waals surface area contributed by atoms with Crippen LogP contribution in [0.4, 0.5) is 34.1 Å². The molecule has 0 atom stereocenters.